The lowest BCUT2D eigenvalue weighted by Gasteiger charge is -2.40. The van der Waals surface area contributed by atoms with Crippen molar-refractivity contribution in [2.45, 2.75) is 52.1 Å². The highest BCUT2D eigenvalue weighted by Gasteiger charge is 2.40. The molecule has 0 aromatic rings. The lowest BCUT2D eigenvalue weighted by atomic mass is 9.88. The van der Waals surface area contributed by atoms with Crippen LogP contribution in [0.4, 0.5) is 4.79 Å². The van der Waals surface area contributed by atoms with E-state index in [1.165, 1.54) is 0 Å². The summed E-state index contributed by atoms with van der Waals surface area (Å²) in [5, 5.41) is 5.91. The van der Waals surface area contributed by atoms with Crippen LogP contribution in [0.5, 0.6) is 0 Å². The second-order valence-corrected chi connectivity index (χ2v) is 4.72. The van der Waals surface area contributed by atoms with Crippen molar-refractivity contribution in [3.05, 3.63) is 0 Å². The Kier molecular flexibility index (Phi) is 4.59. The third kappa shape index (κ3) is 2.88. The SMILES string of the molecule is CC.CC(C)N1CCC2(CC1)CNC(=O)N2. The van der Waals surface area contributed by atoms with Gasteiger partial charge < -0.3 is 15.5 Å². The second kappa shape index (κ2) is 5.53. The van der Waals surface area contributed by atoms with E-state index in [4.69, 9.17) is 0 Å². The molecule has 94 valence electrons. The quantitative estimate of drug-likeness (QED) is 0.714. The molecule has 2 aliphatic rings. The van der Waals surface area contributed by atoms with Gasteiger partial charge in [-0.15, -0.1) is 0 Å². The summed E-state index contributed by atoms with van der Waals surface area (Å²) >= 11 is 0. The third-order valence-corrected chi connectivity index (χ3v) is 3.45. The number of rotatable bonds is 1. The fraction of sp³-hybridized carbons (Fsp3) is 0.917. The summed E-state index contributed by atoms with van der Waals surface area (Å²) in [4.78, 5) is 13.6. The molecule has 2 N–H and O–H groups in total. The molecule has 0 aliphatic carbocycles. The van der Waals surface area contributed by atoms with E-state index in [0.717, 1.165) is 32.5 Å². The van der Waals surface area contributed by atoms with Gasteiger partial charge in [-0.3, -0.25) is 0 Å². The third-order valence-electron chi connectivity index (χ3n) is 3.45. The first-order chi connectivity index (χ1) is 7.61. The summed E-state index contributed by atoms with van der Waals surface area (Å²) in [6.45, 7) is 11.4. The summed E-state index contributed by atoms with van der Waals surface area (Å²) in [6.07, 6.45) is 2.15. The number of urea groups is 1. The number of carbonyl (C=O) groups is 1. The zero-order valence-electron chi connectivity index (χ0n) is 11.0. The van der Waals surface area contributed by atoms with Gasteiger partial charge in [0.15, 0.2) is 0 Å². The molecule has 16 heavy (non-hydrogen) atoms. The van der Waals surface area contributed by atoms with Gasteiger partial charge in [0.2, 0.25) is 0 Å². The summed E-state index contributed by atoms with van der Waals surface area (Å²) in [7, 11) is 0. The average Bonchev–Trinajstić information content (AvgIpc) is 2.64. The van der Waals surface area contributed by atoms with Gasteiger partial charge in [0.05, 0.1) is 5.54 Å². The molecule has 2 aliphatic heterocycles. The highest BCUT2D eigenvalue weighted by atomic mass is 16.2. The van der Waals surface area contributed by atoms with Gasteiger partial charge in [0.1, 0.15) is 0 Å². The molecule has 0 bridgehead atoms. The van der Waals surface area contributed by atoms with E-state index in [-0.39, 0.29) is 11.6 Å². The van der Waals surface area contributed by atoms with Crippen LogP contribution in [0.1, 0.15) is 40.5 Å². The second-order valence-electron chi connectivity index (χ2n) is 4.72. The molecular formula is C12H25N3O. The Morgan fingerprint density at radius 2 is 1.81 bits per heavy atom. The molecule has 0 saturated carbocycles. The molecule has 0 aromatic carbocycles. The molecular weight excluding hydrogens is 202 g/mol. The number of nitrogens with one attached hydrogen (secondary N) is 2. The van der Waals surface area contributed by atoms with Crippen LogP contribution >= 0.6 is 0 Å². The van der Waals surface area contributed by atoms with E-state index in [9.17, 15) is 4.79 Å². The fourth-order valence-electron chi connectivity index (χ4n) is 2.35. The largest absolute Gasteiger partial charge is 0.336 e. The van der Waals surface area contributed by atoms with E-state index in [1.807, 2.05) is 13.8 Å². The minimum Gasteiger partial charge on any atom is -0.336 e. The van der Waals surface area contributed by atoms with Crippen molar-refractivity contribution in [1.29, 1.82) is 0 Å². The van der Waals surface area contributed by atoms with Gasteiger partial charge in [0.25, 0.3) is 0 Å². The summed E-state index contributed by atoms with van der Waals surface area (Å²) < 4.78 is 0. The summed E-state index contributed by atoms with van der Waals surface area (Å²) in [6, 6.07) is 0.625. The topological polar surface area (TPSA) is 44.4 Å². The fourth-order valence-corrected chi connectivity index (χ4v) is 2.35. The van der Waals surface area contributed by atoms with Crippen LogP contribution in [0.25, 0.3) is 0 Å². The van der Waals surface area contributed by atoms with E-state index < -0.39 is 0 Å². The molecule has 2 saturated heterocycles. The van der Waals surface area contributed by atoms with Crippen molar-refractivity contribution in [2.24, 2.45) is 0 Å². The maximum atomic E-state index is 11.1. The molecule has 2 heterocycles. The number of nitrogens with zero attached hydrogens (tertiary/aromatic N) is 1. The highest BCUT2D eigenvalue weighted by Crippen LogP contribution is 2.25. The number of hydrogen-bond donors (Lipinski definition) is 2. The van der Waals surface area contributed by atoms with Gasteiger partial charge >= 0.3 is 6.03 Å². The van der Waals surface area contributed by atoms with E-state index in [1.54, 1.807) is 0 Å². The van der Waals surface area contributed by atoms with E-state index in [0.29, 0.717) is 6.04 Å². The average molecular weight is 227 g/mol. The van der Waals surface area contributed by atoms with E-state index in [2.05, 4.69) is 29.4 Å². The number of piperidine rings is 1. The molecule has 4 nitrogen and oxygen atoms in total. The van der Waals surface area contributed by atoms with Crippen LogP contribution in [0.2, 0.25) is 0 Å². The predicted octanol–water partition coefficient (Wildman–Crippen LogP) is 1.57. The van der Waals surface area contributed by atoms with Crippen molar-refractivity contribution in [1.82, 2.24) is 15.5 Å². The number of hydrogen-bond acceptors (Lipinski definition) is 2. The minimum atomic E-state index is 0.00277. The Morgan fingerprint density at radius 1 is 1.25 bits per heavy atom. The van der Waals surface area contributed by atoms with Gasteiger partial charge in [-0.2, -0.15) is 0 Å². The standard InChI is InChI=1S/C10H19N3O.C2H6/c1-8(2)13-5-3-10(4-6-13)7-11-9(14)12-10;1-2/h8H,3-7H2,1-2H3,(H2,11,12,14);1-2H3. The minimum absolute atomic E-state index is 0.00277. The molecule has 0 aromatic heterocycles. The predicted molar refractivity (Wildman–Crippen MR) is 66.6 cm³/mol. The van der Waals surface area contributed by atoms with Crippen LogP contribution in [-0.2, 0) is 0 Å². The number of likely N-dealkylation sites (tertiary alicyclic amines) is 1. The monoisotopic (exact) mass is 227 g/mol. The molecule has 1 spiro atoms. The van der Waals surface area contributed by atoms with Crippen LogP contribution in [0, 0.1) is 0 Å². The lowest BCUT2D eigenvalue weighted by Crippen LogP contribution is -2.53. The summed E-state index contributed by atoms with van der Waals surface area (Å²) in [5.41, 5.74) is 0.0580. The molecule has 2 rings (SSSR count). The van der Waals surface area contributed by atoms with Crippen molar-refractivity contribution in [3.63, 3.8) is 0 Å². The first-order valence-corrected chi connectivity index (χ1v) is 6.41. The van der Waals surface area contributed by atoms with Crippen molar-refractivity contribution in [2.75, 3.05) is 19.6 Å². The molecule has 4 heteroatoms. The Balaban J connectivity index is 0.000000606. The molecule has 2 amide bonds. The molecule has 0 unspecified atom stereocenters. The zero-order chi connectivity index (χ0) is 12.2. The lowest BCUT2D eigenvalue weighted by molar-refractivity contribution is 0.128. The van der Waals surface area contributed by atoms with Crippen LogP contribution < -0.4 is 10.6 Å². The van der Waals surface area contributed by atoms with Crippen LogP contribution in [0.15, 0.2) is 0 Å². The van der Waals surface area contributed by atoms with Crippen molar-refractivity contribution >= 4 is 6.03 Å². The normalized spacial score (nSPS) is 23.7. The van der Waals surface area contributed by atoms with Crippen LogP contribution in [-0.4, -0.2) is 42.1 Å². The molecule has 0 radical (unpaired) electrons. The van der Waals surface area contributed by atoms with Crippen LogP contribution in [0.3, 0.4) is 0 Å². The van der Waals surface area contributed by atoms with Gasteiger partial charge in [-0.25, -0.2) is 4.79 Å². The van der Waals surface area contributed by atoms with E-state index >= 15 is 0 Å². The van der Waals surface area contributed by atoms with Gasteiger partial charge in [0, 0.05) is 25.7 Å². The van der Waals surface area contributed by atoms with Gasteiger partial charge in [-0.1, -0.05) is 13.8 Å². The maximum absolute atomic E-state index is 11.1. The first-order valence-electron chi connectivity index (χ1n) is 6.41. The first kappa shape index (κ1) is 13.3. The van der Waals surface area contributed by atoms with Crippen molar-refractivity contribution in [3.8, 4) is 0 Å². The molecule has 0 atom stereocenters. The number of carbonyl (C=O) groups excluding carboxylic acids is 1. The summed E-state index contributed by atoms with van der Waals surface area (Å²) in [5.74, 6) is 0. The highest BCUT2D eigenvalue weighted by molar-refractivity contribution is 5.77. The smallest absolute Gasteiger partial charge is 0.315 e. The number of amides is 2. The Labute approximate surface area is 98.8 Å². The Bertz CT molecular complexity index is 232. The van der Waals surface area contributed by atoms with Gasteiger partial charge in [-0.05, 0) is 26.7 Å². The molecule has 2 fully saturated rings. The maximum Gasteiger partial charge on any atom is 0.315 e. The zero-order valence-corrected chi connectivity index (χ0v) is 11.0. The van der Waals surface area contributed by atoms with Crippen molar-refractivity contribution < 1.29 is 4.79 Å². The Morgan fingerprint density at radius 3 is 2.19 bits per heavy atom. The Hall–Kier alpha value is -0.770.